The summed E-state index contributed by atoms with van der Waals surface area (Å²) in [6, 6.07) is 17.4. The normalized spacial score (nSPS) is 11.6. The summed E-state index contributed by atoms with van der Waals surface area (Å²) in [7, 11) is -4.34. The van der Waals surface area contributed by atoms with E-state index in [1.165, 1.54) is 6.07 Å². The summed E-state index contributed by atoms with van der Waals surface area (Å²) < 4.78 is 32.6. The smallest absolute Gasteiger partial charge is 1.00 e. The molecule has 5 nitrogen and oxygen atoms in total. The molecular formula is C17H15N2NaO3S. The van der Waals surface area contributed by atoms with Gasteiger partial charge in [0.25, 0.3) is 10.1 Å². The van der Waals surface area contributed by atoms with Gasteiger partial charge in [-0.1, -0.05) is 42.0 Å². The SMILES string of the molecule is Cc1ccc(N=Nc2cc(S(=O)(=O)O)c3ccccc3c2)cc1.[H-].[Na+]. The summed E-state index contributed by atoms with van der Waals surface area (Å²) in [5, 5.41) is 9.29. The monoisotopic (exact) mass is 350 g/mol. The van der Waals surface area contributed by atoms with Crippen LogP contribution in [0.25, 0.3) is 10.8 Å². The second-order valence-corrected chi connectivity index (χ2v) is 6.57. The van der Waals surface area contributed by atoms with Crippen molar-refractivity contribution in [1.82, 2.24) is 0 Å². The molecule has 0 aliphatic carbocycles. The van der Waals surface area contributed by atoms with Crippen LogP contribution in [0.2, 0.25) is 0 Å². The van der Waals surface area contributed by atoms with Gasteiger partial charge in [0.15, 0.2) is 0 Å². The van der Waals surface area contributed by atoms with E-state index in [2.05, 4.69) is 10.2 Å². The van der Waals surface area contributed by atoms with E-state index in [1.54, 1.807) is 30.3 Å². The van der Waals surface area contributed by atoms with Gasteiger partial charge in [-0.15, -0.1) is 0 Å². The van der Waals surface area contributed by atoms with E-state index >= 15 is 0 Å². The number of fused-ring (bicyclic) bond motifs is 1. The molecule has 24 heavy (non-hydrogen) atoms. The van der Waals surface area contributed by atoms with E-state index in [4.69, 9.17) is 0 Å². The Bertz CT molecular complexity index is 1010. The Kier molecular flexibility index (Phi) is 5.90. The zero-order valence-corrected chi connectivity index (χ0v) is 16.2. The molecule has 118 valence electrons. The maximum atomic E-state index is 11.6. The predicted molar refractivity (Wildman–Crippen MR) is 90.2 cm³/mol. The molecule has 0 unspecified atom stereocenters. The largest absolute Gasteiger partial charge is 1.00 e. The summed E-state index contributed by atoms with van der Waals surface area (Å²) in [5.74, 6) is 0. The average Bonchev–Trinajstić information content (AvgIpc) is 2.52. The van der Waals surface area contributed by atoms with Crippen molar-refractivity contribution in [3.8, 4) is 0 Å². The zero-order valence-electron chi connectivity index (χ0n) is 14.3. The summed E-state index contributed by atoms with van der Waals surface area (Å²) in [5.41, 5.74) is 2.14. The Hall–Kier alpha value is -1.57. The van der Waals surface area contributed by atoms with Gasteiger partial charge in [0.1, 0.15) is 4.90 Å². The van der Waals surface area contributed by atoms with Crippen LogP contribution in [0.15, 0.2) is 75.8 Å². The van der Waals surface area contributed by atoms with E-state index in [9.17, 15) is 13.0 Å². The Morgan fingerprint density at radius 2 is 1.54 bits per heavy atom. The van der Waals surface area contributed by atoms with E-state index in [1.807, 2.05) is 31.2 Å². The topological polar surface area (TPSA) is 79.1 Å². The molecule has 0 aromatic heterocycles. The van der Waals surface area contributed by atoms with Crippen LogP contribution < -0.4 is 29.6 Å². The molecule has 0 radical (unpaired) electrons. The third kappa shape index (κ3) is 4.28. The van der Waals surface area contributed by atoms with Gasteiger partial charge >= 0.3 is 29.6 Å². The van der Waals surface area contributed by atoms with Gasteiger partial charge in [-0.3, -0.25) is 4.55 Å². The molecule has 0 fully saturated rings. The minimum Gasteiger partial charge on any atom is -1.00 e. The number of azo groups is 1. The fourth-order valence-electron chi connectivity index (χ4n) is 2.26. The molecular weight excluding hydrogens is 335 g/mol. The number of rotatable bonds is 3. The van der Waals surface area contributed by atoms with Crippen molar-refractivity contribution in [2.75, 3.05) is 0 Å². The zero-order chi connectivity index (χ0) is 16.4. The third-order valence-electron chi connectivity index (χ3n) is 3.40. The summed E-state index contributed by atoms with van der Waals surface area (Å²) in [4.78, 5) is -0.173. The molecule has 3 aromatic rings. The van der Waals surface area contributed by atoms with Crippen molar-refractivity contribution in [3.63, 3.8) is 0 Å². The van der Waals surface area contributed by atoms with Crippen molar-refractivity contribution in [3.05, 3.63) is 66.2 Å². The molecule has 1 N–H and O–H groups in total. The average molecular weight is 350 g/mol. The van der Waals surface area contributed by atoms with Gasteiger partial charge in [0, 0.05) is 5.39 Å². The van der Waals surface area contributed by atoms with Crippen molar-refractivity contribution in [2.24, 2.45) is 10.2 Å². The van der Waals surface area contributed by atoms with Crippen molar-refractivity contribution in [2.45, 2.75) is 11.8 Å². The molecule has 3 rings (SSSR count). The summed E-state index contributed by atoms with van der Waals surface area (Å²) in [6.45, 7) is 1.97. The van der Waals surface area contributed by atoms with Crippen LogP contribution in [0.3, 0.4) is 0 Å². The van der Waals surface area contributed by atoms with Crippen LogP contribution in [-0.4, -0.2) is 13.0 Å². The molecule has 0 atom stereocenters. The first kappa shape index (κ1) is 18.8. The number of aryl methyl sites for hydroxylation is 1. The van der Waals surface area contributed by atoms with Crippen LogP contribution in [-0.2, 0) is 10.1 Å². The maximum absolute atomic E-state index is 11.6. The number of nitrogens with zero attached hydrogens (tertiary/aromatic N) is 2. The fraction of sp³-hybridized carbons (Fsp3) is 0.0588. The number of hydrogen-bond donors (Lipinski definition) is 1. The molecule has 0 bridgehead atoms. The molecule has 0 spiro atoms. The van der Waals surface area contributed by atoms with Crippen LogP contribution >= 0.6 is 0 Å². The second-order valence-electron chi connectivity index (χ2n) is 5.18. The molecule has 0 aliphatic heterocycles. The molecule has 0 saturated heterocycles. The van der Waals surface area contributed by atoms with Gasteiger partial charge in [-0.2, -0.15) is 18.6 Å². The molecule has 0 amide bonds. The second kappa shape index (κ2) is 7.55. The Morgan fingerprint density at radius 1 is 0.917 bits per heavy atom. The quantitative estimate of drug-likeness (QED) is 0.445. The first-order chi connectivity index (χ1) is 10.9. The Morgan fingerprint density at radius 3 is 2.21 bits per heavy atom. The van der Waals surface area contributed by atoms with Gasteiger partial charge in [-0.25, -0.2) is 0 Å². The number of hydrogen-bond acceptors (Lipinski definition) is 4. The maximum Gasteiger partial charge on any atom is 1.00 e. The number of benzene rings is 3. The van der Waals surface area contributed by atoms with Gasteiger partial charge in [0.05, 0.1) is 11.4 Å². The van der Waals surface area contributed by atoms with Crippen LogP contribution in [0.1, 0.15) is 6.99 Å². The van der Waals surface area contributed by atoms with E-state index in [0.29, 0.717) is 22.1 Å². The Balaban J connectivity index is 0.00000156. The van der Waals surface area contributed by atoms with Crippen LogP contribution in [0.5, 0.6) is 0 Å². The molecule has 7 heteroatoms. The van der Waals surface area contributed by atoms with Gasteiger partial charge < -0.3 is 1.43 Å². The van der Waals surface area contributed by atoms with Crippen molar-refractivity contribution < 1.29 is 44.0 Å². The van der Waals surface area contributed by atoms with E-state index in [-0.39, 0.29) is 35.9 Å². The van der Waals surface area contributed by atoms with E-state index in [0.717, 1.165) is 5.56 Å². The summed E-state index contributed by atoms with van der Waals surface area (Å²) in [6.07, 6.45) is 0. The molecule has 3 aromatic carbocycles. The molecule has 0 saturated carbocycles. The minimum atomic E-state index is -4.34. The first-order valence-electron chi connectivity index (χ1n) is 6.92. The predicted octanol–water partition coefficient (Wildman–Crippen LogP) is 1.93. The first-order valence-corrected chi connectivity index (χ1v) is 8.36. The van der Waals surface area contributed by atoms with E-state index < -0.39 is 10.1 Å². The standard InChI is InChI=1S/C17H14N2O3S.Na.H/c1-12-6-8-14(9-7-12)18-19-15-10-13-4-2-3-5-16(13)17(11-15)23(20,21)22;;/h2-11H,1H3,(H,20,21,22);;/q;+1;-1. The third-order valence-corrected chi connectivity index (χ3v) is 4.30. The molecule has 0 aliphatic rings. The van der Waals surface area contributed by atoms with Crippen molar-refractivity contribution >= 4 is 32.3 Å². The van der Waals surface area contributed by atoms with Crippen LogP contribution in [0, 0.1) is 6.92 Å². The van der Waals surface area contributed by atoms with Crippen LogP contribution in [0.4, 0.5) is 11.4 Å². The molecule has 0 heterocycles. The van der Waals surface area contributed by atoms with Crippen molar-refractivity contribution in [1.29, 1.82) is 0 Å². The fourth-order valence-corrected chi connectivity index (χ4v) is 2.99. The summed E-state index contributed by atoms with van der Waals surface area (Å²) >= 11 is 0. The van der Waals surface area contributed by atoms with Gasteiger partial charge in [0.2, 0.25) is 0 Å². The van der Waals surface area contributed by atoms with Gasteiger partial charge in [-0.05, 0) is 36.6 Å². The Labute approximate surface area is 164 Å². The minimum absolute atomic E-state index is 0.